The van der Waals surface area contributed by atoms with Crippen molar-refractivity contribution in [1.29, 1.82) is 0 Å². The van der Waals surface area contributed by atoms with Crippen molar-refractivity contribution in [3.8, 4) is 5.75 Å². The minimum Gasteiger partial charge on any atom is -0.480 e. The predicted molar refractivity (Wildman–Crippen MR) is 154 cm³/mol. The van der Waals surface area contributed by atoms with Gasteiger partial charge in [0.15, 0.2) is 18.2 Å². The standard InChI is InChI=1S/C29H34N8O3/c1-5-10-35-26(39)16-40-24-8-9-25(33-28(24)35)32-27-18(3)13-30-29(34-27)31-20-6-7-23(17(2)11-20)37-15-21-12-22(37)14-36(21)19(4)38/h6-9,11,13,21-22H,5,10,12,14-16H2,1-4H3,(H2,30,31,32,33,34). The van der Waals surface area contributed by atoms with Crippen molar-refractivity contribution in [2.45, 2.75) is 52.6 Å². The molecule has 2 amide bonds. The molecule has 3 aliphatic rings. The van der Waals surface area contributed by atoms with Gasteiger partial charge in [-0.05, 0) is 62.6 Å². The molecule has 5 heterocycles. The maximum Gasteiger partial charge on any atom is 0.266 e. The normalized spacial score (nSPS) is 19.5. The van der Waals surface area contributed by atoms with Crippen LogP contribution in [0.25, 0.3) is 0 Å². The molecule has 208 valence electrons. The summed E-state index contributed by atoms with van der Waals surface area (Å²) in [6.45, 7) is 10.0. The van der Waals surface area contributed by atoms with E-state index in [0.29, 0.717) is 47.8 Å². The van der Waals surface area contributed by atoms with E-state index in [1.54, 1.807) is 18.0 Å². The molecule has 0 spiro atoms. The number of benzene rings is 1. The van der Waals surface area contributed by atoms with Crippen LogP contribution >= 0.6 is 0 Å². The molecule has 0 aliphatic carbocycles. The van der Waals surface area contributed by atoms with E-state index in [4.69, 9.17) is 9.72 Å². The highest BCUT2D eigenvalue weighted by atomic mass is 16.5. The van der Waals surface area contributed by atoms with Crippen molar-refractivity contribution in [2.24, 2.45) is 0 Å². The Bertz CT molecular complexity index is 1480. The first-order chi connectivity index (χ1) is 19.3. The lowest BCUT2D eigenvalue weighted by Crippen LogP contribution is -2.48. The fraction of sp³-hybridized carbons (Fsp3) is 0.414. The monoisotopic (exact) mass is 542 g/mol. The van der Waals surface area contributed by atoms with Crippen molar-refractivity contribution in [1.82, 2.24) is 19.9 Å². The summed E-state index contributed by atoms with van der Waals surface area (Å²) >= 11 is 0. The number of rotatable bonds is 7. The molecule has 0 saturated carbocycles. The van der Waals surface area contributed by atoms with Gasteiger partial charge in [0.2, 0.25) is 11.9 Å². The molecule has 1 aromatic carbocycles. The average molecular weight is 543 g/mol. The van der Waals surface area contributed by atoms with E-state index in [9.17, 15) is 9.59 Å². The lowest BCUT2D eigenvalue weighted by atomic mass is 10.1. The second-order valence-electron chi connectivity index (χ2n) is 10.7. The molecule has 2 atom stereocenters. The molecule has 2 fully saturated rings. The summed E-state index contributed by atoms with van der Waals surface area (Å²) in [6, 6.07) is 10.6. The second-order valence-corrected chi connectivity index (χ2v) is 10.7. The smallest absolute Gasteiger partial charge is 0.266 e. The van der Waals surface area contributed by atoms with Crippen LogP contribution in [-0.4, -0.2) is 70.0 Å². The van der Waals surface area contributed by atoms with Gasteiger partial charge in [-0.2, -0.15) is 4.98 Å². The average Bonchev–Trinajstić information content (AvgIpc) is 3.54. The molecule has 11 heteroatoms. The first-order valence-corrected chi connectivity index (χ1v) is 13.8. The SMILES string of the molecule is CCCN1C(=O)COc2ccc(Nc3nc(Nc4ccc(N5CC6CC5CN6C(C)=O)c(C)c4)ncc3C)nc21. The van der Waals surface area contributed by atoms with Gasteiger partial charge in [0.1, 0.15) is 11.6 Å². The molecule has 3 aromatic rings. The van der Waals surface area contributed by atoms with Gasteiger partial charge in [-0.25, -0.2) is 9.97 Å². The van der Waals surface area contributed by atoms with Crippen molar-refractivity contribution in [3.63, 3.8) is 0 Å². The van der Waals surface area contributed by atoms with Crippen molar-refractivity contribution >= 4 is 46.6 Å². The van der Waals surface area contributed by atoms with Crippen molar-refractivity contribution < 1.29 is 14.3 Å². The number of piperazine rings is 1. The summed E-state index contributed by atoms with van der Waals surface area (Å²) < 4.78 is 5.57. The summed E-state index contributed by atoms with van der Waals surface area (Å²) in [4.78, 5) is 44.2. The number of hydrogen-bond acceptors (Lipinski definition) is 9. The van der Waals surface area contributed by atoms with E-state index in [0.717, 1.165) is 42.7 Å². The van der Waals surface area contributed by atoms with Crippen LogP contribution in [0.15, 0.2) is 36.5 Å². The zero-order valence-electron chi connectivity index (χ0n) is 23.3. The quantitative estimate of drug-likeness (QED) is 0.458. The number of hydrogen-bond donors (Lipinski definition) is 2. The topological polar surface area (TPSA) is 116 Å². The van der Waals surface area contributed by atoms with Crippen molar-refractivity contribution in [2.75, 3.05) is 46.7 Å². The third kappa shape index (κ3) is 4.76. The highest BCUT2D eigenvalue weighted by molar-refractivity contribution is 5.97. The largest absolute Gasteiger partial charge is 0.480 e. The van der Waals surface area contributed by atoms with Gasteiger partial charge in [-0.15, -0.1) is 0 Å². The summed E-state index contributed by atoms with van der Waals surface area (Å²) in [5.74, 6) is 2.82. The summed E-state index contributed by atoms with van der Waals surface area (Å²) in [5.41, 5.74) is 4.11. The van der Waals surface area contributed by atoms with Crippen LogP contribution < -0.4 is 25.2 Å². The molecule has 2 aromatic heterocycles. The molecule has 2 N–H and O–H groups in total. The van der Waals surface area contributed by atoms with Gasteiger partial charge in [-0.3, -0.25) is 14.5 Å². The Balaban J connectivity index is 1.17. The minimum atomic E-state index is -0.0970. The van der Waals surface area contributed by atoms with E-state index < -0.39 is 0 Å². The molecule has 3 aliphatic heterocycles. The maximum atomic E-state index is 12.4. The van der Waals surface area contributed by atoms with Gasteiger partial charge in [0.05, 0.1) is 6.04 Å². The predicted octanol–water partition coefficient (Wildman–Crippen LogP) is 3.92. The molecule has 2 bridgehead atoms. The number of nitrogens with one attached hydrogen (secondary N) is 2. The fourth-order valence-electron chi connectivity index (χ4n) is 5.88. The van der Waals surface area contributed by atoms with E-state index in [2.05, 4.69) is 44.6 Å². The van der Waals surface area contributed by atoms with Crippen LogP contribution in [0, 0.1) is 13.8 Å². The number of carbonyl (C=O) groups is 2. The summed E-state index contributed by atoms with van der Waals surface area (Å²) in [5, 5.41) is 6.60. The first-order valence-electron chi connectivity index (χ1n) is 13.8. The van der Waals surface area contributed by atoms with Crippen molar-refractivity contribution in [3.05, 3.63) is 47.7 Å². The number of aryl methyl sites for hydroxylation is 2. The molecular weight excluding hydrogens is 508 g/mol. The Morgan fingerprint density at radius 2 is 1.93 bits per heavy atom. The zero-order chi connectivity index (χ0) is 28.0. The molecule has 0 radical (unpaired) electrons. The number of pyridine rings is 1. The minimum absolute atomic E-state index is 0.0273. The number of nitrogens with zero attached hydrogens (tertiary/aromatic N) is 6. The Kier molecular flexibility index (Phi) is 6.65. The van der Waals surface area contributed by atoms with Gasteiger partial charge in [0, 0.05) is 55.7 Å². The van der Waals surface area contributed by atoms with Crippen LogP contribution in [-0.2, 0) is 9.59 Å². The van der Waals surface area contributed by atoms with Gasteiger partial charge in [-0.1, -0.05) is 6.92 Å². The molecule has 40 heavy (non-hydrogen) atoms. The number of amides is 2. The van der Waals surface area contributed by atoms with E-state index >= 15 is 0 Å². The number of fused-ring (bicyclic) bond motifs is 3. The lowest BCUT2D eigenvalue weighted by molar-refractivity contribution is -0.129. The van der Waals surface area contributed by atoms with Crippen LogP contribution in [0.2, 0.25) is 0 Å². The third-order valence-electron chi connectivity index (χ3n) is 7.82. The Labute approximate surface area is 233 Å². The highest BCUT2D eigenvalue weighted by Gasteiger charge is 2.44. The first kappa shape index (κ1) is 25.8. The van der Waals surface area contributed by atoms with Gasteiger partial charge >= 0.3 is 0 Å². The van der Waals surface area contributed by atoms with Gasteiger partial charge < -0.3 is 25.2 Å². The number of ether oxygens (including phenoxy) is 1. The summed E-state index contributed by atoms with van der Waals surface area (Å²) in [6.07, 6.45) is 3.61. The van der Waals surface area contributed by atoms with Crippen LogP contribution in [0.4, 0.5) is 34.8 Å². The van der Waals surface area contributed by atoms with Crippen LogP contribution in [0.3, 0.4) is 0 Å². The maximum absolute atomic E-state index is 12.4. The summed E-state index contributed by atoms with van der Waals surface area (Å²) in [7, 11) is 0. The Morgan fingerprint density at radius 1 is 1.07 bits per heavy atom. The zero-order valence-corrected chi connectivity index (χ0v) is 23.3. The van der Waals surface area contributed by atoms with Crippen LogP contribution in [0.1, 0.15) is 37.8 Å². The molecule has 2 unspecified atom stereocenters. The van der Waals surface area contributed by atoms with E-state index in [-0.39, 0.29) is 18.4 Å². The molecular formula is C29H34N8O3. The lowest BCUT2D eigenvalue weighted by Gasteiger charge is -2.36. The van der Waals surface area contributed by atoms with Crippen LogP contribution in [0.5, 0.6) is 5.75 Å². The molecule has 2 saturated heterocycles. The number of likely N-dealkylation sites (tertiary alicyclic amines) is 1. The Morgan fingerprint density at radius 3 is 2.65 bits per heavy atom. The number of aromatic nitrogens is 3. The van der Waals surface area contributed by atoms with Gasteiger partial charge in [0.25, 0.3) is 5.91 Å². The number of anilines is 6. The van der Waals surface area contributed by atoms with E-state index in [1.165, 1.54) is 5.69 Å². The highest BCUT2D eigenvalue weighted by Crippen LogP contribution is 2.37. The third-order valence-corrected chi connectivity index (χ3v) is 7.82. The molecule has 6 rings (SSSR count). The second kappa shape index (κ2) is 10.3. The fourth-order valence-corrected chi connectivity index (χ4v) is 5.88. The number of carbonyl (C=O) groups excluding carboxylic acids is 2. The van der Waals surface area contributed by atoms with E-state index in [1.807, 2.05) is 36.9 Å². The Hall–Kier alpha value is -4.41. The molecule has 11 nitrogen and oxygen atoms in total.